The van der Waals surface area contributed by atoms with Gasteiger partial charge in [0.05, 0.1) is 5.69 Å². The molecule has 1 aromatic heterocycles. The van der Waals surface area contributed by atoms with Crippen LogP contribution >= 0.6 is 11.6 Å². The van der Waals surface area contributed by atoms with E-state index in [0.29, 0.717) is 0 Å². The molecule has 0 unspecified atom stereocenters. The maximum absolute atomic E-state index is 5.93. The summed E-state index contributed by atoms with van der Waals surface area (Å²) in [6.45, 7) is 5.46. The number of unbranched alkanes of at least 4 members (excludes halogenated alkanes) is 1. The average Bonchev–Trinajstić information content (AvgIpc) is 2.53. The predicted octanol–water partition coefficient (Wildman–Crippen LogP) is 3.96. The largest absolute Gasteiger partial charge is 0.297 e. The van der Waals surface area contributed by atoms with Gasteiger partial charge in [0.25, 0.3) is 0 Å². The van der Waals surface area contributed by atoms with Crippen LogP contribution in [-0.2, 0) is 13.0 Å². The molecule has 3 rings (SSSR count). The van der Waals surface area contributed by atoms with Crippen LogP contribution in [0, 0.1) is 0 Å². The monoisotopic (exact) mass is 301 g/mol. The molecule has 0 bridgehead atoms. The van der Waals surface area contributed by atoms with Gasteiger partial charge in [-0.15, -0.1) is 0 Å². The van der Waals surface area contributed by atoms with Crippen LogP contribution in [0.25, 0.3) is 11.4 Å². The van der Waals surface area contributed by atoms with Crippen molar-refractivity contribution in [1.82, 2.24) is 14.9 Å². The van der Waals surface area contributed by atoms with E-state index in [-0.39, 0.29) is 0 Å². The van der Waals surface area contributed by atoms with Gasteiger partial charge < -0.3 is 0 Å². The van der Waals surface area contributed by atoms with Gasteiger partial charge >= 0.3 is 0 Å². The normalized spacial score (nSPS) is 15.0. The van der Waals surface area contributed by atoms with Gasteiger partial charge in [-0.2, -0.15) is 0 Å². The molecule has 0 spiro atoms. The van der Waals surface area contributed by atoms with E-state index in [0.717, 1.165) is 42.5 Å². The molecule has 2 aromatic rings. The van der Waals surface area contributed by atoms with Crippen LogP contribution < -0.4 is 0 Å². The Bertz CT molecular complexity index is 610. The molecule has 0 radical (unpaired) electrons. The van der Waals surface area contributed by atoms with Gasteiger partial charge in [0.15, 0.2) is 5.82 Å². The van der Waals surface area contributed by atoms with Crippen LogP contribution in [0.15, 0.2) is 30.5 Å². The number of rotatable bonds is 4. The fraction of sp³-hybridized carbons (Fsp3) is 0.412. The lowest BCUT2D eigenvalue weighted by Crippen LogP contribution is -2.32. The first kappa shape index (κ1) is 14.5. The number of fused-ring (bicyclic) bond motifs is 1. The van der Waals surface area contributed by atoms with Crippen LogP contribution in [0.3, 0.4) is 0 Å². The lowest BCUT2D eigenvalue weighted by atomic mass is 10.1. The van der Waals surface area contributed by atoms with E-state index < -0.39 is 0 Å². The number of nitrogens with zero attached hydrogens (tertiary/aromatic N) is 3. The summed E-state index contributed by atoms with van der Waals surface area (Å²) in [4.78, 5) is 11.8. The molecule has 0 saturated heterocycles. The Morgan fingerprint density at radius 3 is 2.81 bits per heavy atom. The summed E-state index contributed by atoms with van der Waals surface area (Å²) in [5, 5.41) is 0.738. The van der Waals surface area contributed by atoms with E-state index in [2.05, 4.69) is 16.8 Å². The fourth-order valence-electron chi connectivity index (χ4n) is 2.67. The van der Waals surface area contributed by atoms with Gasteiger partial charge in [0, 0.05) is 29.9 Å². The third-order valence-corrected chi connectivity index (χ3v) is 4.21. The standard InChI is InChI=1S/C17H20ClN3/c1-2-3-9-21-10-8-14-11-19-17(20-16(14)12-21)13-4-6-15(18)7-5-13/h4-7,11H,2-3,8-10,12H2,1H3. The van der Waals surface area contributed by atoms with Crippen molar-refractivity contribution >= 4 is 11.6 Å². The van der Waals surface area contributed by atoms with Gasteiger partial charge in [-0.1, -0.05) is 24.9 Å². The van der Waals surface area contributed by atoms with Crippen molar-refractivity contribution < 1.29 is 0 Å². The van der Waals surface area contributed by atoms with Crippen LogP contribution in [0.4, 0.5) is 0 Å². The van der Waals surface area contributed by atoms with E-state index in [1.54, 1.807) is 0 Å². The zero-order valence-corrected chi connectivity index (χ0v) is 13.1. The number of hydrogen-bond donors (Lipinski definition) is 0. The molecule has 0 N–H and O–H groups in total. The maximum Gasteiger partial charge on any atom is 0.159 e. The molecule has 21 heavy (non-hydrogen) atoms. The van der Waals surface area contributed by atoms with Crippen molar-refractivity contribution in [2.24, 2.45) is 0 Å². The van der Waals surface area contributed by atoms with E-state index in [1.807, 2.05) is 30.5 Å². The number of halogens is 1. The average molecular weight is 302 g/mol. The van der Waals surface area contributed by atoms with E-state index >= 15 is 0 Å². The van der Waals surface area contributed by atoms with E-state index in [4.69, 9.17) is 16.6 Å². The first-order chi connectivity index (χ1) is 10.3. The minimum atomic E-state index is 0.738. The van der Waals surface area contributed by atoms with Crippen LogP contribution in [0.5, 0.6) is 0 Å². The molecule has 110 valence electrons. The molecule has 0 amide bonds. The second-order valence-corrected chi connectivity index (χ2v) is 5.99. The third kappa shape index (κ3) is 3.42. The molecule has 3 nitrogen and oxygen atoms in total. The van der Waals surface area contributed by atoms with Crippen molar-refractivity contribution in [3.05, 3.63) is 46.7 Å². The van der Waals surface area contributed by atoms with Gasteiger partial charge in [-0.3, -0.25) is 4.90 Å². The Kier molecular flexibility index (Phi) is 4.51. The minimum Gasteiger partial charge on any atom is -0.297 e. The highest BCUT2D eigenvalue weighted by molar-refractivity contribution is 6.30. The molecular weight excluding hydrogens is 282 g/mol. The van der Waals surface area contributed by atoms with Crippen LogP contribution in [-0.4, -0.2) is 28.0 Å². The summed E-state index contributed by atoms with van der Waals surface area (Å²) < 4.78 is 0. The summed E-state index contributed by atoms with van der Waals surface area (Å²) in [6, 6.07) is 7.71. The van der Waals surface area contributed by atoms with Gasteiger partial charge in [-0.05, 0) is 49.2 Å². The second-order valence-electron chi connectivity index (χ2n) is 5.55. The molecule has 0 fully saturated rings. The number of hydrogen-bond acceptors (Lipinski definition) is 3. The Morgan fingerprint density at radius 1 is 1.24 bits per heavy atom. The highest BCUT2D eigenvalue weighted by Crippen LogP contribution is 2.22. The zero-order valence-electron chi connectivity index (χ0n) is 12.3. The first-order valence-electron chi connectivity index (χ1n) is 7.59. The lowest BCUT2D eigenvalue weighted by molar-refractivity contribution is 0.246. The highest BCUT2D eigenvalue weighted by atomic mass is 35.5. The molecule has 4 heteroatoms. The minimum absolute atomic E-state index is 0.738. The summed E-state index contributed by atoms with van der Waals surface area (Å²) in [5.74, 6) is 0.794. The van der Waals surface area contributed by atoms with Crippen molar-refractivity contribution in [2.75, 3.05) is 13.1 Å². The molecule has 1 aliphatic heterocycles. The Hall–Kier alpha value is -1.45. The summed E-state index contributed by atoms with van der Waals surface area (Å²) >= 11 is 5.93. The smallest absolute Gasteiger partial charge is 0.159 e. The molecule has 1 aliphatic rings. The topological polar surface area (TPSA) is 29.0 Å². The quantitative estimate of drug-likeness (QED) is 0.856. The number of aromatic nitrogens is 2. The summed E-state index contributed by atoms with van der Waals surface area (Å²) in [6.07, 6.45) is 5.54. The zero-order chi connectivity index (χ0) is 14.7. The molecule has 0 aliphatic carbocycles. The van der Waals surface area contributed by atoms with Crippen LogP contribution in [0.1, 0.15) is 31.0 Å². The molecule has 1 aromatic carbocycles. The molecule has 0 atom stereocenters. The second kappa shape index (κ2) is 6.54. The first-order valence-corrected chi connectivity index (χ1v) is 7.97. The SMILES string of the molecule is CCCCN1CCc2cnc(-c3ccc(Cl)cc3)nc2C1. The third-order valence-electron chi connectivity index (χ3n) is 3.96. The molecular formula is C17H20ClN3. The Morgan fingerprint density at radius 2 is 2.05 bits per heavy atom. The maximum atomic E-state index is 5.93. The molecule has 0 saturated carbocycles. The van der Waals surface area contributed by atoms with Gasteiger partial charge in [0.1, 0.15) is 0 Å². The summed E-state index contributed by atoms with van der Waals surface area (Å²) in [7, 11) is 0. The van der Waals surface area contributed by atoms with Crippen molar-refractivity contribution in [1.29, 1.82) is 0 Å². The highest BCUT2D eigenvalue weighted by Gasteiger charge is 2.18. The predicted molar refractivity (Wildman–Crippen MR) is 86.4 cm³/mol. The van der Waals surface area contributed by atoms with E-state index in [1.165, 1.54) is 24.1 Å². The molecule has 2 heterocycles. The lowest BCUT2D eigenvalue weighted by Gasteiger charge is -2.27. The fourth-order valence-corrected chi connectivity index (χ4v) is 2.79. The van der Waals surface area contributed by atoms with E-state index in [9.17, 15) is 0 Å². The van der Waals surface area contributed by atoms with Gasteiger partial charge in [0.2, 0.25) is 0 Å². The van der Waals surface area contributed by atoms with Crippen molar-refractivity contribution in [2.45, 2.75) is 32.7 Å². The summed E-state index contributed by atoms with van der Waals surface area (Å²) in [5.41, 5.74) is 3.49. The Balaban J connectivity index is 1.82. The van der Waals surface area contributed by atoms with Crippen molar-refractivity contribution in [3.63, 3.8) is 0 Å². The van der Waals surface area contributed by atoms with Crippen molar-refractivity contribution in [3.8, 4) is 11.4 Å². The van der Waals surface area contributed by atoms with Crippen LogP contribution in [0.2, 0.25) is 5.02 Å². The Labute approximate surface area is 131 Å². The number of benzene rings is 1. The van der Waals surface area contributed by atoms with Gasteiger partial charge in [-0.25, -0.2) is 9.97 Å².